The fourth-order valence-electron chi connectivity index (χ4n) is 2.87. The van der Waals surface area contributed by atoms with Gasteiger partial charge in [0, 0.05) is 17.4 Å². The smallest absolute Gasteiger partial charge is 0.416 e. The van der Waals surface area contributed by atoms with E-state index in [1.165, 1.54) is 12.5 Å². The van der Waals surface area contributed by atoms with Crippen LogP contribution in [-0.2, 0) is 12.7 Å². The Labute approximate surface area is 140 Å². The lowest BCUT2D eigenvalue weighted by molar-refractivity contribution is -0.137. The molecule has 2 heterocycles. The average Bonchev–Trinajstić information content (AvgIpc) is 3.23. The molecule has 0 unspecified atom stereocenters. The Morgan fingerprint density at radius 2 is 1.84 bits per heavy atom. The van der Waals surface area contributed by atoms with Crippen molar-refractivity contribution in [3.05, 3.63) is 72.1 Å². The summed E-state index contributed by atoms with van der Waals surface area (Å²) in [5, 5.41) is 8.55. The fourth-order valence-corrected chi connectivity index (χ4v) is 2.87. The van der Waals surface area contributed by atoms with Gasteiger partial charge in [0.05, 0.1) is 5.56 Å². The largest absolute Gasteiger partial charge is 0.422 e. The summed E-state index contributed by atoms with van der Waals surface area (Å²) < 4.78 is 46.0. The molecule has 0 saturated heterocycles. The van der Waals surface area contributed by atoms with E-state index in [1.807, 2.05) is 34.9 Å². The third kappa shape index (κ3) is 2.88. The molecule has 7 heteroatoms. The van der Waals surface area contributed by atoms with E-state index >= 15 is 0 Å². The molecular formula is C18H12F3N3O. The van der Waals surface area contributed by atoms with E-state index in [-0.39, 0.29) is 6.54 Å². The van der Waals surface area contributed by atoms with Gasteiger partial charge in [-0.1, -0.05) is 30.3 Å². The first-order valence-electron chi connectivity index (χ1n) is 7.53. The van der Waals surface area contributed by atoms with E-state index < -0.39 is 11.7 Å². The predicted molar refractivity (Wildman–Crippen MR) is 85.8 cm³/mol. The molecule has 0 amide bonds. The molecule has 0 saturated carbocycles. The second-order valence-corrected chi connectivity index (χ2v) is 5.62. The summed E-state index contributed by atoms with van der Waals surface area (Å²) in [7, 11) is 0. The first-order valence-corrected chi connectivity index (χ1v) is 7.53. The van der Waals surface area contributed by atoms with Crippen LogP contribution >= 0.6 is 0 Å². The van der Waals surface area contributed by atoms with Gasteiger partial charge in [-0.05, 0) is 29.8 Å². The van der Waals surface area contributed by atoms with Gasteiger partial charge < -0.3 is 8.98 Å². The van der Waals surface area contributed by atoms with Gasteiger partial charge in [-0.15, -0.1) is 10.2 Å². The lowest BCUT2D eigenvalue weighted by Crippen LogP contribution is -2.07. The van der Waals surface area contributed by atoms with Gasteiger partial charge in [0.2, 0.25) is 6.39 Å². The van der Waals surface area contributed by atoms with E-state index in [4.69, 9.17) is 4.42 Å². The monoisotopic (exact) mass is 343 g/mol. The number of para-hydroxylation sites is 1. The van der Waals surface area contributed by atoms with Gasteiger partial charge in [-0.25, -0.2) is 0 Å². The van der Waals surface area contributed by atoms with E-state index in [1.54, 1.807) is 6.07 Å². The van der Waals surface area contributed by atoms with Gasteiger partial charge >= 0.3 is 6.18 Å². The van der Waals surface area contributed by atoms with Crippen LogP contribution in [0, 0.1) is 0 Å². The van der Waals surface area contributed by atoms with Crippen LogP contribution in [0.15, 0.2) is 65.4 Å². The summed E-state index contributed by atoms with van der Waals surface area (Å²) >= 11 is 0. The Kier molecular flexibility index (Phi) is 3.56. The van der Waals surface area contributed by atoms with E-state index in [9.17, 15) is 13.2 Å². The van der Waals surface area contributed by atoms with Crippen LogP contribution in [0.1, 0.15) is 11.1 Å². The van der Waals surface area contributed by atoms with Crippen molar-refractivity contribution >= 4 is 10.9 Å². The number of benzene rings is 2. The quantitative estimate of drug-likeness (QED) is 0.539. The van der Waals surface area contributed by atoms with Gasteiger partial charge in [0.1, 0.15) is 5.69 Å². The summed E-state index contributed by atoms with van der Waals surface area (Å²) in [6.07, 6.45) is -3.15. The molecule has 0 atom stereocenters. The number of halogens is 3. The van der Waals surface area contributed by atoms with Gasteiger partial charge in [-0.2, -0.15) is 13.2 Å². The maximum absolute atomic E-state index is 13.0. The van der Waals surface area contributed by atoms with Crippen molar-refractivity contribution in [1.29, 1.82) is 0 Å². The second-order valence-electron chi connectivity index (χ2n) is 5.62. The number of fused-ring (bicyclic) bond motifs is 1. The first-order chi connectivity index (χ1) is 12.0. The molecular weight excluding hydrogens is 331 g/mol. The SMILES string of the molecule is FC(F)(F)c1cccc(Cn2c(-c3nnco3)cc3ccccc32)c1. The highest BCUT2D eigenvalue weighted by Gasteiger charge is 2.30. The molecule has 4 rings (SSSR count). The Bertz CT molecular complexity index is 1020. The molecule has 2 aromatic heterocycles. The number of nitrogens with zero attached hydrogens (tertiary/aromatic N) is 3. The van der Waals surface area contributed by atoms with Crippen LogP contribution in [0.3, 0.4) is 0 Å². The summed E-state index contributed by atoms with van der Waals surface area (Å²) in [5.41, 5.74) is 1.42. The number of rotatable bonds is 3. The summed E-state index contributed by atoms with van der Waals surface area (Å²) in [5.74, 6) is 0.322. The zero-order valence-corrected chi connectivity index (χ0v) is 12.9. The molecule has 0 spiro atoms. The molecule has 0 aliphatic carbocycles. The minimum atomic E-state index is -4.37. The van der Waals surface area contributed by atoms with Crippen molar-refractivity contribution in [3.8, 4) is 11.6 Å². The standard InChI is InChI=1S/C18H12F3N3O/c19-18(20,21)14-6-3-4-12(8-14)10-24-15-7-2-1-5-13(15)9-16(24)17-23-22-11-25-17/h1-9,11H,10H2. The highest BCUT2D eigenvalue weighted by atomic mass is 19.4. The lowest BCUT2D eigenvalue weighted by Gasteiger charge is -2.12. The molecule has 0 aliphatic rings. The molecule has 4 nitrogen and oxygen atoms in total. The summed E-state index contributed by atoms with van der Waals surface area (Å²) in [4.78, 5) is 0. The molecule has 0 N–H and O–H groups in total. The fraction of sp³-hybridized carbons (Fsp3) is 0.111. The minimum absolute atomic E-state index is 0.259. The molecule has 0 aliphatic heterocycles. The molecule has 126 valence electrons. The normalized spacial score (nSPS) is 12.0. The minimum Gasteiger partial charge on any atom is -0.422 e. The lowest BCUT2D eigenvalue weighted by atomic mass is 10.1. The Balaban J connectivity index is 1.83. The van der Waals surface area contributed by atoms with Crippen LogP contribution in [-0.4, -0.2) is 14.8 Å². The predicted octanol–water partition coefficient (Wildman–Crippen LogP) is 4.76. The maximum Gasteiger partial charge on any atom is 0.416 e. The van der Waals surface area contributed by atoms with E-state index in [2.05, 4.69) is 10.2 Å². The van der Waals surface area contributed by atoms with Crippen molar-refractivity contribution in [3.63, 3.8) is 0 Å². The first kappa shape index (κ1) is 15.4. The van der Waals surface area contributed by atoms with E-state index in [0.717, 1.165) is 23.0 Å². The average molecular weight is 343 g/mol. The van der Waals surface area contributed by atoms with Crippen molar-refractivity contribution in [2.75, 3.05) is 0 Å². The zero-order chi connectivity index (χ0) is 17.4. The molecule has 25 heavy (non-hydrogen) atoms. The van der Waals surface area contributed by atoms with Crippen molar-refractivity contribution in [1.82, 2.24) is 14.8 Å². The van der Waals surface area contributed by atoms with Crippen LogP contribution in [0.4, 0.5) is 13.2 Å². The molecule has 0 fully saturated rings. The number of hydrogen-bond donors (Lipinski definition) is 0. The Morgan fingerprint density at radius 1 is 1.00 bits per heavy atom. The summed E-state index contributed by atoms with van der Waals surface area (Å²) in [6.45, 7) is 0.259. The number of alkyl halides is 3. The third-order valence-corrected chi connectivity index (χ3v) is 3.98. The van der Waals surface area contributed by atoms with Crippen LogP contribution in [0.2, 0.25) is 0 Å². The Morgan fingerprint density at radius 3 is 2.60 bits per heavy atom. The highest BCUT2D eigenvalue weighted by molar-refractivity contribution is 5.85. The van der Waals surface area contributed by atoms with E-state index in [0.29, 0.717) is 17.1 Å². The van der Waals surface area contributed by atoms with Crippen molar-refractivity contribution in [2.45, 2.75) is 12.7 Å². The third-order valence-electron chi connectivity index (χ3n) is 3.98. The highest BCUT2D eigenvalue weighted by Crippen LogP contribution is 2.31. The molecule has 0 radical (unpaired) electrons. The van der Waals surface area contributed by atoms with Crippen LogP contribution < -0.4 is 0 Å². The molecule has 0 bridgehead atoms. The van der Waals surface area contributed by atoms with Crippen LogP contribution in [0.25, 0.3) is 22.5 Å². The van der Waals surface area contributed by atoms with Crippen molar-refractivity contribution < 1.29 is 17.6 Å². The topological polar surface area (TPSA) is 43.9 Å². The van der Waals surface area contributed by atoms with Crippen molar-refractivity contribution in [2.24, 2.45) is 0 Å². The van der Waals surface area contributed by atoms with Gasteiger partial charge in [-0.3, -0.25) is 0 Å². The maximum atomic E-state index is 13.0. The number of hydrogen-bond acceptors (Lipinski definition) is 3. The molecule has 4 aromatic rings. The second kappa shape index (κ2) is 5.77. The van der Waals surface area contributed by atoms with Gasteiger partial charge in [0.25, 0.3) is 5.89 Å². The van der Waals surface area contributed by atoms with Gasteiger partial charge in [0.15, 0.2) is 0 Å². The summed E-state index contributed by atoms with van der Waals surface area (Å²) in [6, 6.07) is 14.8. The molecule has 2 aromatic carbocycles. The zero-order valence-electron chi connectivity index (χ0n) is 12.9. The Hall–Kier alpha value is -3.09. The van der Waals surface area contributed by atoms with Crippen LogP contribution in [0.5, 0.6) is 0 Å². The number of aromatic nitrogens is 3.